The van der Waals surface area contributed by atoms with Gasteiger partial charge in [-0.15, -0.1) is 0 Å². The van der Waals surface area contributed by atoms with Crippen LogP contribution in [0, 0.1) is 0 Å². The molecule has 0 saturated carbocycles. The van der Waals surface area contributed by atoms with Crippen molar-refractivity contribution in [3.05, 3.63) is 47.8 Å². The molecule has 30 heavy (non-hydrogen) atoms. The maximum atomic E-state index is 12.9. The van der Waals surface area contributed by atoms with Crippen molar-refractivity contribution in [1.82, 2.24) is 19.7 Å². The van der Waals surface area contributed by atoms with E-state index >= 15 is 0 Å². The fourth-order valence-electron chi connectivity index (χ4n) is 3.71. The minimum atomic E-state index is -0.493. The van der Waals surface area contributed by atoms with E-state index < -0.39 is 12.0 Å². The summed E-state index contributed by atoms with van der Waals surface area (Å²) < 4.78 is 7.05. The molecule has 1 aliphatic heterocycles. The summed E-state index contributed by atoms with van der Waals surface area (Å²) >= 11 is 0. The molecule has 0 radical (unpaired) electrons. The number of rotatable bonds is 4. The normalized spacial score (nSPS) is 16.5. The van der Waals surface area contributed by atoms with Gasteiger partial charge in [0.1, 0.15) is 11.3 Å². The lowest BCUT2D eigenvalue weighted by molar-refractivity contribution is 0.0474. The second-order valence-corrected chi connectivity index (χ2v) is 7.29. The quantitative estimate of drug-likeness (QED) is 0.680. The van der Waals surface area contributed by atoms with Gasteiger partial charge < -0.3 is 20.1 Å². The summed E-state index contributed by atoms with van der Waals surface area (Å²) in [5.41, 5.74) is 1.82. The number of aliphatic hydroxyl groups is 1. The number of anilines is 1. The standard InChI is InChI=1S/C21H23N5O4/c1-25-19-16(11-23-25)18(30-2)17(10-22-19)20(28)24-14-6-3-5-13(9-14)21(29)26-8-4-7-15(27)12-26/h3,5-6,9-11,15,27H,4,7-8,12H2,1-2H3,(H,24,28). The van der Waals surface area contributed by atoms with Crippen LogP contribution in [0.5, 0.6) is 5.75 Å². The van der Waals surface area contributed by atoms with Gasteiger partial charge in [0.05, 0.1) is 24.8 Å². The number of β-amino-alcohol motifs (C(OH)–C–C–N with tert-alkyl or cyclic N) is 1. The van der Waals surface area contributed by atoms with Gasteiger partial charge in [0.15, 0.2) is 5.65 Å². The predicted molar refractivity (Wildman–Crippen MR) is 111 cm³/mol. The van der Waals surface area contributed by atoms with Gasteiger partial charge in [0, 0.05) is 37.6 Å². The number of aliphatic hydroxyl groups excluding tert-OH is 1. The van der Waals surface area contributed by atoms with Crippen LogP contribution in [0.4, 0.5) is 5.69 Å². The van der Waals surface area contributed by atoms with E-state index in [-0.39, 0.29) is 11.5 Å². The number of hydrogen-bond donors (Lipinski definition) is 2. The number of ether oxygens (including phenoxy) is 1. The highest BCUT2D eigenvalue weighted by molar-refractivity contribution is 6.09. The molecule has 1 atom stereocenters. The average molecular weight is 409 g/mol. The number of aryl methyl sites for hydroxylation is 1. The molecule has 156 valence electrons. The molecule has 3 aromatic rings. The van der Waals surface area contributed by atoms with Crippen molar-refractivity contribution >= 4 is 28.5 Å². The number of nitrogens with zero attached hydrogens (tertiary/aromatic N) is 4. The summed E-state index contributed by atoms with van der Waals surface area (Å²) in [6.07, 6.45) is 4.03. The second kappa shape index (κ2) is 8.11. The van der Waals surface area contributed by atoms with Crippen LogP contribution in [0.2, 0.25) is 0 Å². The van der Waals surface area contributed by atoms with Crippen molar-refractivity contribution in [1.29, 1.82) is 0 Å². The van der Waals surface area contributed by atoms with E-state index in [0.29, 0.717) is 47.5 Å². The molecule has 9 nitrogen and oxygen atoms in total. The molecule has 0 spiro atoms. The Bertz CT molecular complexity index is 1110. The highest BCUT2D eigenvalue weighted by Gasteiger charge is 2.24. The molecule has 3 heterocycles. The van der Waals surface area contributed by atoms with Crippen molar-refractivity contribution in [2.24, 2.45) is 7.05 Å². The van der Waals surface area contributed by atoms with Gasteiger partial charge in [-0.25, -0.2) is 4.98 Å². The zero-order chi connectivity index (χ0) is 21.3. The Morgan fingerprint density at radius 2 is 2.13 bits per heavy atom. The number of fused-ring (bicyclic) bond motifs is 1. The SMILES string of the molecule is COc1c(C(=O)Nc2cccc(C(=O)N3CCCC(O)C3)c2)cnc2c1cnn2C. The van der Waals surface area contributed by atoms with Crippen molar-refractivity contribution in [3.63, 3.8) is 0 Å². The Morgan fingerprint density at radius 1 is 1.30 bits per heavy atom. The number of methoxy groups -OCH3 is 1. The van der Waals surface area contributed by atoms with Gasteiger partial charge in [0.2, 0.25) is 0 Å². The van der Waals surface area contributed by atoms with Crippen molar-refractivity contribution in [2.45, 2.75) is 18.9 Å². The van der Waals surface area contributed by atoms with E-state index in [2.05, 4.69) is 15.4 Å². The number of piperidine rings is 1. The fraction of sp³-hybridized carbons (Fsp3) is 0.333. The van der Waals surface area contributed by atoms with Crippen LogP contribution in [0.3, 0.4) is 0 Å². The molecule has 1 aliphatic rings. The highest BCUT2D eigenvalue weighted by Crippen LogP contribution is 2.28. The summed E-state index contributed by atoms with van der Waals surface area (Å²) in [5, 5.41) is 17.4. The maximum Gasteiger partial charge on any atom is 0.261 e. The number of hydrogen-bond acceptors (Lipinski definition) is 6. The number of aromatic nitrogens is 3. The van der Waals surface area contributed by atoms with E-state index in [1.54, 1.807) is 47.1 Å². The maximum absolute atomic E-state index is 12.9. The predicted octanol–water partition coefficient (Wildman–Crippen LogP) is 1.83. The van der Waals surface area contributed by atoms with Gasteiger partial charge in [0.25, 0.3) is 11.8 Å². The van der Waals surface area contributed by atoms with Gasteiger partial charge in [-0.05, 0) is 31.0 Å². The first-order chi connectivity index (χ1) is 14.5. The van der Waals surface area contributed by atoms with Crippen LogP contribution in [0.1, 0.15) is 33.6 Å². The van der Waals surface area contributed by atoms with E-state index in [9.17, 15) is 14.7 Å². The van der Waals surface area contributed by atoms with Crippen molar-refractivity contribution < 1.29 is 19.4 Å². The average Bonchev–Trinajstić information content (AvgIpc) is 3.13. The summed E-state index contributed by atoms with van der Waals surface area (Å²) in [7, 11) is 3.25. The summed E-state index contributed by atoms with van der Waals surface area (Å²) in [4.78, 5) is 31.6. The molecule has 1 unspecified atom stereocenters. The van der Waals surface area contributed by atoms with Crippen LogP contribution in [-0.2, 0) is 7.05 Å². The molecular weight excluding hydrogens is 386 g/mol. The third-order valence-corrected chi connectivity index (χ3v) is 5.21. The van der Waals surface area contributed by atoms with Gasteiger partial charge in [-0.3, -0.25) is 14.3 Å². The third-order valence-electron chi connectivity index (χ3n) is 5.21. The molecule has 4 rings (SSSR count). The minimum absolute atomic E-state index is 0.166. The molecule has 0 aliphatic carbocycles. The molecule has 1 saturated heterocycles. The van der Waals surface area contributed by atoms with Crippen LogP contribution in [-0.4, -0.2) is 62.9 Å². The molecular formula is C21H23N5O4. The van der Waals surface area contributed by atoms with Crippen LogP contribution in [0.15, 0.2) is 36.7 Å². The van der Waals surface area contributed by atoms with Crippen LogP contribution >= 0.6 is 0 Å². The third kappa shape index (κ3) is 3.71. The van der Waals surface area contributed by atoms with Crippen molar-refractivity contribution in [3.8, 4) is 5.75 Å². The number of carbonyl (C=O) groups is 2. The Morgan fingerprint density at radius 3 is 2.90 bits per heavy atom. The largest absolute Gasteiger partial charge is 0.495 e. The lowest BCUT2D eigenvalue weighted by atomic mass is 10.1. The topological polar surface area (TPSA) is 110 Å². The van der Waals surface area contributed by atoms with Gasteiger partial charge in [-0.1, -0.05) is 6.07 Å². The molecule has 1 aromatic carbocycles. The smallest absolute Gasteiger partial charge is 0.261 e. The van der Waals surface area contributed by atoms with Crippen molar-refractivity contribution in [2.75, 3.05) is 25.5 Å². The van der Waals surface area contributed by atoms with Crippen LogP contribution < -0.4 is 10.1 Å². The van der Waals surface area contributed by atoms with E-state index in [0.717, 1.165) is 6.42 Å². The first kappa shape index (κ1) is 19.8. The number of nitrogens with one attached hydrogen (secondary N) is 1. The van der Waals surface area contributed by atoms with E-state index in [1.165, 1.54) is 13.3 Å². The lowest BCUT2D eigenvalue weighted by Crippen LogP contribution is -2.42. The van der Waals surface area contributed by atoms with Gasteiger partial charge in [-0.2, -0.15) is 5.10 Å². The Labute approximate surface area is 173 Å². The summed E-state index contributed by atoms with van der Waals surface area (Å²) in [6.45, 7) is 0.934. The fourth-order valence-corrected chi connectivity index (χ4v) is 3.71. The van der Waals surface area contributed by atoms with Gasteiger partial charge >= 0.3 is 0 Å². The molecule has 2 aromatic heterocycles. The first-order valence-electron chi connectivity index (χ1n) is 9.71. The molecule has 0 bridgehead atoms. The molecule has 2 amide bonds. The number of carbonyl (C=O) groups excluding carboxylic acids is 2. The summed E-state index contributed by atoms with van der Waals surface area (Å²) in [5.74, 6) is -0.177. The Kier molecular flexibility index (Phi) is 5.37. The number of likely N-dealkylation sites (tertiary alicyclic amines) is 1. The van der Waals surface area contributed by atoms with Crippen LogP contribution in [0.25, 0.3) is 11.0 Å². The molecule has 2 N–H and O–H groups in total. The second-order valence-electron chi connectivity index (χ2n) is 7.29. The monoisotopic (exact) mass is 409 g/mol. The minimum Gasteiger partial charge on any atom is -0.495 e. The first-order valence-corrected chi connectivity index (χ1v) is 9.71. The molecule has 9 heteroatoms. The lowest BCUT2D eigenvalue weighted by Gasteiger charge is -2.30. The Balaban J connectivity index is 1.56. The summed E-state index contributed by atoms with van der Waals surface area (Å²) in [6, 6.07) is 6.75. The van der Waals surface area contributed by atoms with E-state index in [4.69, 9.17) is 4.74 Å². The number of benzene rings is 1. The highest BCUT2D eigenvalue weighted by atomic mass is 16.5. The zero-order valence-electron chi connectivity index (χ0n) is 16.8. The van der Waals surface area contributed by atoms with E-state index in [1.807, 2.05) is 0 Å². The zero-order valence-corrected chi connectivity index (χ0v) is 16.8. The Hall–Kier alpha value is -3.46. The number of amides is 2. The number of pyridine rings is 1. The molecule has 1 fully saturated rings.